The molecule has 0 aromatic heterocycles. The number of hydrogen-bond acceptors (Lipinski definition) is 3. The molecule has 0 saturated heterocycles. The van der Waals surface area contributed by atoms with Crippen LogP contribution in [0.25, 0.3) is 0 Å². The van der Waals surface area contributed by atoms with Gasteiger partial charge in [-0.05, 0) is 5.92 Å². The summed E-state index contributed by atoms with van der Waals surface area (Å²) in [5.74, 6) is -0.668. The highest BCUT2D eigenvalue weighted by Crippen LogP contribution is 2.17. The molecule has 7 heteroatoms. The Morgan fingerprint density at radius 3 is 2.29 bits per heavy atom. The standard InChI is InChI=1S/C10H19F3N2O2/c1-7(2)8(14)5-9(17)15(3-4-16)6-10(11,12)13/h7-8,16H,3-6,14H2,1-2H3. The number of halogens is 3. The van der Waals surface area contributed by atoms with Gasteiger partial charge in [0.05, 0.1) is 6.61 Å². The first-order valence-electron chi connectivity index (χ1n) is 5.38. The number of carbonyl (C=O) groups is 1. The average Bonchev–Trinajstić information content (AvgIpc) is 2.14. The first kappa shape index (κ1) is 16.2. The quantitative estimate of drug-likeness (QED) is 0.736. The molecule has 17 heavy (non-hydrogen) atoms. The fraction of sp³-hybridized carbons (Fsp3) is 0.900. The Morgan fingerprint density at radius 1 is 1.41 bits per heavy atom. The molecular formula is C10H19F3N2O2. The number of rotatable bonds is 6. The van der Waals surface area contributed by atoms with E-state index >= 15 is 0 Å². The Morgan fingerprint density at radius 2 is 1.94 bits per heavy atom. The maximum absolute atomic E-state index is 12.2. The molecule has 102 valence electrons. The summed E-state index contributed by atoms with van der Waals surface area (Å²) in [5, 5.41) is 8.63. The normalized spacial score (nSPS) is 13.9. The third-order valence-electron chi connectivity index (χ3n) is 2.36. The predicted octanol–water partition coefficient (Wildman–Crippen LogP) is 0.743. The van der Waals surface area contributed by atoms with Gasteiger partial charge < -0.3 is 15.7 Å². The lowest BCUT2D eigenvalue weighted by atomic mass is 10.0. The predicted molar refractivity (Wildman–Crippen MR) is 57.2 cm³/mol. The molecule has 1 atom stereocenters. The van der Waals surface area contributed by atoms with Crippen molar-refractivity contribution in [1.82, 2.24) is 4.90 Å². The summed E-state index contributed by atoms with van der Waals surface area (Å²) < 4.78 is 36.5. The van der Waals surface area contributed by atoms with Crippen LogP contribution in [0.5, 0.6) is 0 Å². The summed E-state index contributed by atoms with van der Waals surface area (Å²) >= 11 is 0. The highest BCUT2D eigenvalue weighted by atomic mass is 19.4. The zero-order valence-electron chi connectivity index (χ0n) is 10.00. The largest absolute Gasteiger partial charge is 0.406 e. The van der Waals surface area contributed by atoms with E-state index in [4.69, 9.17) is 10.8 Å². The van der Waals surface area contributed by atoms with Crippen LogP contribution in [0, 0.1) is 5.92 Å². The molecule has 0 bridgehead atoms. The van der Waals surface area contributed by atoms with E-state index in [0.717, 1.165) is 0 Å². The van der Waals surface area contributed by atoms with E-state index in [1.165, 1.54) is 0 Å². The Bertz CT molecular complexity index is 244. The summed E-state index contributed by atoms with van der Waals surface area (Å²) in [6, 6.07) is -0.475. The second-order valence-corrected chi connectivity index (χ2v) is 4.27. The molecular weight excluding hydrogens is 237 g/mol. The molecule has 0 aromatic rings. The fourth-order valence-corrected chi connectivity index (χ4v) is 1.20. The molecule has 4 nitrogen and oxygen atoms in total. The molecule has 0 aliphatic carbocycles. The van der Waals surface area contributed by atoms with Crippen LogP contribution in [0.2, 0.25) is 0 Å². The van der Waals surface area contributed by atoms with Crippen molar-refractivity contribution >= 4 is 5.91 Å². The number of amides is 1. The Labute approximate surface area is 98.6 Å². The number of alkyl halides is 3. The first-order chi connectivity index (χ1) is 7.67. The second kappa shape index (κ2) is 6.80. The van der Waals surface area contributed by atoms with Gasteiger partial charge in [0.1, 0.15) is 6.54 Å². The van der Waals surface area contributed by atoms with Crippen LogP contribution in [0.1, 0.15) is 20.3 Å². The van der Waals surface area contributed by atoms with Crippen LogP contribution in [-0.2, 0) is 4.79 Å². The minimum absolute atomic E-state index is 0.0146. The average molecular weight is 256 g/mol. The van der Waals surface area contributed by atoms with Gasteiger partial charge in [-0.1, -0.05) is 13.8 Å². The molecule has 0 radical (unpaired) electrons. The lowest BCUT2D eigenvalue weighted by Gasteiger charge is -2.25. The van der Waals surface area contributed by atoms with Gasteiger partial charge in [0.15, 0.2) is 0 Å². The highest BCUT2D eigenvalue weighted by Gasteiger charge is 2.33. The third kappa shape index (κ3) is 7.17. The zero-order chi connectivity index (χ0) is 13.6. The van der Waals surface area contributed by atoms with E-state index in [2.05, 4.69) is 0 Å². The van der Waals surface area contributed by atoms with E-state index in [-0.39, 0.29) is 18.9 Å². The van der Waals surface area contributed by atoms with E-state index in [9.17, 15) is 18.0 Å². The van der Waals surface area contributed by atoms with Gasteiger partial charge in [0, 0.05) is 19.0 Å². The topological polar surface area (TPSA) is 66.6 Å². The minimum Gasteiger partial charge on any atom is -0.395 e. The first-order valence-corrected chi connectivity index (χ1v) is 5.38. The molecule has 0 aromatic carbocycles. The minimum atomic E-state index is -4.47. The van der Waals surface area contributed by atoms with Gasteiger partial charge in [-0.2, -0.15) is 13.2 Å². The number of nitrogens with zero attached hydrogens (tertiary/aromatic N) is 1. The molecule has 0 aliphatic heterocycles. The van der Waals surface area contributed by atoms with E-state index < -0.39 is 31.3 Å². The zero-order valence-corrected chi connectivity index (χ0v) is 10.00. The molecule has 0 spiro atoms. The lowest BCUT2D eigenvalue weighted by Crippen LogP contribution is -2.43. The monoisotopic (exact) mass is 256 g/mol. The highest BCUT2D eigenvalue weighted by molar-refractivity contribution is 5.76. The maximum atomic E-state index is 12.2. The maximum Gasteiger partial charge on any atom is 0.406 e. The van der Waals surface area contributed by atoms with Gasteiger partial charge >= 0.3 is 6.18 Å². The molecule has 0 fully saturated rings. The summed E-state index contributed by atoms with van der Waals surface area (Å²) in [5.41, 5.74) is 5.62. The van der Waals surface area contributed by atoms with Gasteiger partial charge in [-0.25, -0.2) is 0 Å². The van der Waals surface area contributed by atoms with Crippen molar-refractivity contribution in [1.29, 1.82) is 0 Å². The van der Waals surface area contributed by atoms with Gasteiger partial charge in [0.25, 0.3) is 0 Å². The van der Waals surface area contributed by atoms with E-state index in [1.807, 2.05) is 0 Å². The van der Waals surface area contributed by atoms with Crippen molar-refractivity contribution in [3.63, 3.8) is 0 Å². The van der Waals surface area contributed by atoms with Crippen molar-refractivity contribution in [2.45, 2.75) is 32.5 Å². The van der Waals surface area contributed by atoms with Crippen LogP contribution in [-0.4, -0.2) is 47.8 Å². The van der Waals surface area contributed by atoms with E-state index in [0.29, 0.717) is 4.90 Å². The summed E-state index contributed by atoms with van der Waals surface area (Å²) in [7, 11) is 0. The Kier molecular flexibility index (Phi) is 6.48. The van der Waals surface area contributed by atoms with Crippen molar-refractivity contribution in [2.24, 2.45) is 11.7 Å². The van der Waals surface area contributed by atoms with Crippen LogP contribution in [0.15, 0.2) is 0 Å². The number of nitrogens with two attached hydrogens (primary N) is 1. The number of aliphatic hydroxyl groups excluding tert-OH is 1. The summed E-state index contributed by atoms with van der Waals surface area (Å²) in [6.07, 6.45) is -4.61. The van der Waals surface area contributed by atoms with Crippen molar-refractivity contribution in [3.8, 4) is 0 Å². The molecule has 0 rings (SSSR count). The molecule has 0 heterocycles. The number of aliphatic hydroxyl groups is 1. The SMILES string of the molecule is CC(C)C(N)CC(=O)N(CCO)CC(F)(F)F. The van der Waals surface area contributed by atoms with Crippen LogP contribution < -0.4 is 5.73 Å². The van der Waals surface area contributed by atoms with Gasteiger partial charge in [-0.3, -0.25) is 4.79 Å². The molecule has 1 amide bonds. The van der Waals surface area contributed by atoms with Crippen LogP contribution in [0.3, 0.4) is 0 Å². The number of carbonyl (C=O) groups excluding carboxylic acids is 1. The van der Waals surface area contributed by atoms with Crippen molar-refractivity contribution in [3.05, 3.63) is 0 Å². The molecule has 0 aliphatic rings. The fourth-order valence-electron chi connectivity index (χ4n) is 1.20. The molecule has 0 saturated carbocycles. The van der Waals surface area contributed by atoms with Crippen molar-refractivity contribution in [2.75, 3.05) is 19.7 Å². The van der Waals surface area contributed by atoms with Gasteiger partial charge in [0.2, 0.25) is 5.91 Å². The Balaban J connectivity index is 4.44. The summed E-state index contributed by atoms with van der Waals surface area (Å²) in [4.78, 5) is 12.1. The third-order valence-corrected chi connectivity index (χ3v) is 2.36. The van der Waals surface area contributed by atoms with E-state index in [1.54, 1.807) is 13.8 Å². The Hall–Kier alpha value is -0.820. The lowest BCUT2D eigenvalue weighted by molar-refractivity contribution is -0.162. The van der Waals surface area contributed by atoms with Crippen LogP contribution >= 0.6 is 0 Å². The number of hydrogen-bond donors (Lipinski definition) is 2. The van der Waals surface area contributed by atoms with Gasteiger partial charge in [-0.15, -0.1) is 0 Å². The molecule has 1 unspecified atom stereocenters. The second-order valence-electron chi connectivity index (χ2n) is 4.27. The smallest absolute Gasteiger partial charge is 0.395 e. The van der Waals surface area contributed by atoms with Crippen LogP contribution in [0.4, 0.5) is 13.2 Å². The molecule has 3 N–H and O–H groups in total. The van der Waals surface area contributed by atoms with Crippen molar-refractivity contribution < 1.29 is 23.1 Å². The summed E-state index contributed by atoms with van der Waals surface area (Å²) in [6.45, 7) is 1.40.